The van der Waals surface area contributed by atoms with Crippen LogP contribution >= 0.6 is 15.9 Å². The fourth-order valence-electron chi connectivity index (χ4n) is 2.94. The molecule has 1 aliphatic heterocycles. The molecule has 24 heavy (non-hydrogen) atoms. The van der Waals surface area contributed by atoms with Crippen molar-refractivity contribution in [3.05, 3.63) is 100 Å². The minimum absolute atomic E-state index is 0.00936. The van der Waals surface area contributed by atoms with E-state index < -0.39 is 0 Å². The highest BCUT2D eigenvalue weighted by molar-refractivity contribution is 9.10. The van der Waals surface area contributed by atoms with Gasteiger partial charge in [-0.3, -0.25) is 9.69 Å². The van der Waals surface area contributed by atoms with Gasteiger partial charge in [-0.05, 0) is 42.0 Å². The summed E-state index contributed by atoms with van der Waals surface area (Å²) in [5, 5.41) is 0. The van der Waals surface area contributed by atoms with Crippen molar-refractivity contribution < 1.29 is 4.79 Å². The molecule has 0 atom stereocenters. The molecule has 0 saturated carbocycles. The van der Waals surface area contributed by atoms with Gasteiger partial charge >= 0.3 is 0 Å². The smallest absolute Gasteiger partial charge is 0.263 e. The Morgan fingerprint density at radius 1 is 0.750 bits per heavy atom. The molecule has 0 unspecified atom stereocenters. The highest BCUT2D eigenvalue weighted by Crippen LogP contribution is 2.38. The molecule has 116 valence electrons. The van der Waals surface area contributed by atoms with Crippen LogP contribution < -0.4 is 4.90 Å². The van der Waals surface area contributed by atoms with Gasteiger partial charge in [0.1, 0.15) is 0 Å². The van der Waals surface area contributed by atoms with Gasteiger partial charge < -0.3 is 0 Å². The number of rotatable bonds is 2. The van der Waals surface area contributed by atoms with Crippen LogP contribution in [0.25, 0.3) is 11.8 Å². The molecule has 0 saturated heterocycles. The van der Waals surface area contributed by atoms with Gasteiger partial charge in [-0.1, -0.05) is 64.5 Å². The van der Waals surface area contributed by atoms with Crippen molar-refractivity contribution in [2.45, 2.75) is 0 Å². The SMILES string of the molecule is O=C1c2ccccc2C(=Cc2ccccc2)N1c1ccc(Br)cc1. The van der Waals surface area contributed by atoms with Crippen molar-refractivity contribution in [2.75, 3.05) is 4.90 Å². The molecular formula is C21H14BrNO. The van der Waals surface area contributed by atoms with Gasteiger partial charge in [0, 0.05) is 21.3 Å². The Balaban J connectivity index is 1.90. The van der Waals surface area contributed by atoms with E-state index in [1.165, 1.54) is 0 Å². The Labute approximate surface area is 149 Å². The monoisotopic (exact) mass is 375 g/mol. The van der Waals surface area contributed by atoms with Crippen molar-refractivity contribution in [3.8, 4) is 0 Å². The van der Waals surface area contributed by atoms with E-state index in [0.717, 1.165) is 32.5 Å². The van der Waals surface area contributed by atoms with Crippen LogP contribution in [0.4, 0.5) is 5.69 Å². The Morgan fingerprint density at radius 2 is 1.38 bits per heavy atom. The van der Waals surface area contributed by atoms with Crippen molar-refractivity contribution in [1.29, 1.82) is 0 Å². The van der Waals surface area contributed by atoms with E-state index in [9.17, 15) is 4.79 Å². The standard InChI is InChI=1S/C21H14BrNO/c22-16-10-12-17(13-11-16)23-20(14-15-6-2-1-3-7-15)18-8-4-5-9-19(18)21(23)24/h1-14H. The third kappa shape index (κ3) is 2.57. The summed E-state index contributed by atoms with van der Waals surface area (Å²) < 4.78 is 0.990. The quantitative estimate of drug-likeness (QED) is 0.570. The average Bonchev–Trinajstić information content (AvgIpc) is 2.89. The molecule has 3 aromatic carbocycles. The number of halogens is 1. The van der Waals surface area contributed by atoms with E-state index in [1.807, 2.05) is 78.9 Å². The number of anilines is 1. The highest BCUT2D eigenvalue weighted by atomic mass is 79.9. The lowest BCUT2D eigenvalue weighted by Crippen LogP contribution is -2.22. The first kappa shape index (κ1) is 14.9. The van der Waals surface area contributed by atoms with Gasteiger partial charge in [0.05, 0.1) is 5.70 Å². The van der Waals surface area contributed by atoms with E-state index in [-0.39, 0.29) is 5.91 Å². The predicted octanol–water partition coefficient (Wildman–Crippen LogP) is 5.61. The van der Waals surface area contributed by atoms with Crippen LogP contribution in [0.1, 0.15) is 21.5 Å². The maximum absolute atomic E-state index is 13.0. The van der Waals surface area contributed by atoms with Crippen LogP contribution in [-0.4, -0.2) is 5.91 Å². The number of nitrogens with zero attached hydrogens (tertiary/aromatic N) is 1. The van der Waals surface area contributed by atoms with E-state index in [0.29, 0.717) is 0 Å². The largest absolute Gasteiger partial charge is 0.276 e. The summed E-state index contributed by atoms with van der Waals surface area (Å²) in [6.07, 6.45) is 2.06. The third-order valence-corrected chi connectivity index (χ3v) is 4.59. The first-order valence-corrected chi connectivity index (χ1v) is 8.49. The number of hydrogen-bond acceptors (Lipinski definition) is 1. The van der Waals surface area contributed by atoms with Crippen molar-refractivity contribution in [3.63, 3.8) is 0 Å². The van der Waals surface area contributed by atoms with Gasteiger partial charge in [-0.25, -0.2) is 0 Å². The van der Waals surface area contributed by atoms with Gasteiger partial charge in [-0.2, -0.15) is 0 Å². The normalized spacial score (nSPS) is 15.0. The molecule has 0 aromatic heterocycles. The summed E-state index contributed by atoms with van der Waals surface area (Å²) in [4.78, 5) is 14.7. The summed E-state index contributed by atoms with van der Waals surface area (Å²) in [6, 6.07) is 25.6. The number of carbonyl (C=O) groups is 1. The maximum atomic E-state index is 13.0. The molecular weight excluding hydrogens is 362 g/mol. The zero-order chi connectivity index (χ0) is 16.5. The lowest BCUT2D eigenvalue weighted by molar-refractivity contribution is 0.101. The molecule has 0 fully saturated rings. The van der Waals surface area contributed by atoms with E-state index in [1.54, 1.807) is 4.90 Å². The molecule has 4 rings (SSSR count). The van der Waals surface area contributed by atoms with Gasteiger partial charge in [0.15, 0.2) is 0 Å². The summed E-state index contributed by atoms with van der Waals surface area (Å²) in [5.41, 5.74) is 4.54. The zero-order valence-electron chi connectivity index (χ0n) is 12.8. The Morgan fingerprint density at radius 3 is 2.08 bits per heavy atom. The van der Waals surface area contributed by atoms with E-state index in [2.05, 4.69) is 22.0 Å². The van der Waals surface area contributed by atoms with E-state index >= 15 is 0 Å². The molecule has 1 amide bonds. The Bertz CT molecular complexity index is 930. The third-order valence-electron chi connectivity index (χ3n) is 4.07. The molecule has 3 heteroatoms. The van der Waals surface area contributed by atoms with Crippen LogP contribution in [0.5, 0.6) is 0 Å². The summed E-state index contributed by atoms with van der Waals surface area (Å²) in [7, 11) is 0. The zero-order valence-corrected chi connectivity index (χ0v) is 14.4. The van der Waals surface area contributed by atoms with Gasteiger partial charge in [0.2, 0.25) is 0 Å². The molecule has 0 N–H and O–H groups in total. The minimum Gasteiger partial charge on any atom is -0.276 e. The maximum Gasteiger partial charge on any atom is 0.263 e. The fraction of sp³-hybridized carbons (Fsp3) is 0. The molecule has 0 aliphatic carbocycles. The topological polar surface area (TPSA) is 20.3 Å². The van der Waals surface area contributed by atoms with Gasteiger partial charge in [-0.15, -0.1) is 0 Å². The molecule has 1 heterocycles. The highest BCUT2D eigenvalue weighted by Gasteiger charge is 2.32. The van der Waals surface area contributed by atoms with Crippen LogP contribution in [0.2, 0.25) is 0 Å². The number of benzene rings is 3. The molecule has 0 bridgehead atoms. The number of carbonyl (C=O) groups excluding carboxylic acids is 1. The average molecular weight is 376 g/mol. The second-order valence-electron chi connectivity index (χ2n) is 5.60. The summed E-state index contributed by atoms with van der Waals surface area (Å²) in [6.45, 7) is 0. The molecule has 0 radical (unpaired) electrons. The van der Waals surface area contributed by atoms with Crippen molar-refractivity contribution in [2.24, 2.45) is 0 Å². The summed E-state index contributed by atoms with van der Waals surface area (Å²) in [5.74, 6) is 0.00936. The molecule has 3 aromatic rings. The Kier molecular flexibility index (Phi) is 3.79. The van der Waals surface area contributed by atoms with Crippen LogP contribution in [0.3, 0.4) is 0 Å². The first-order chi connectivity index (χ1) is 11.7. The molecule has 1 aliphatic rings. The molecule has 0 spiro atoms. The van der Waals surface area contributed by atoms with Crippen molar-refractivity contribution >= 4 is 39.3 Å². The lowest BCUT2D eigenvalue weighted by Gasteiger charge is -2.19. The fourth-order valence-corrected chi connectivity index (χ4v) is 3.20. The second kappa shape index (κ2) is 6.10. The van der Waals surface area contributed by atoms with Gasteiger partial charge in [0.25, 0.3) is 5.91 Å². The Hall–Kier alpha value is -2.65. The van der Waals surface area contributed by atoms with Crippen LogP contribution in [0, 0.1) is 0 Å². The number of hydrogen-bond donors (Lipinski definition) is 0. The van der Waals surface area contributed by atoms with Crippen LogP contribution in [0.15, 0.2) is 83.3 Å². The summed E-state index contributed by atoms with van der Waals surface area (Å²) >= 11 is 3.45. The number of amides is 1. The predicted molar refractivity (Wildman–Crippen MR) is 102 cm³/mol. The first-order valence-electron chi connectivity index (χ1n) is 7.70. The number of fused-ring (bicyclic) bond motifs is 1. The second-order valence-corrected chi connectivity index (χ2v) is 6.52. The lowest BCUT2D eigenvalue weighted by atomic mass is 10.1. The minimum atomic E-state index is 0.00936. The van der Waals surface area contributed by atoms with E-state index in [4.69, 9.17) is 0 Å². The molecule has 2 nitrogen and oxygen atoms in total. The van der Waals surface area contributed by atoms with Crippen molar-refractivity contribution in [1.82, 2.24) is 0 Å². The van der Waals surface area contributed by atoms with Crippen LogP contribution in [-0.2, 0) is 0 Å².